The Balaban J connectivity index is 2.14. The smallest absolute Gasteiger partial charge is 0.247 e. The Morgan fingerprint density at radius 1 is 1.21 bits per heavy atom. The van der Waals surface area contributed by atoms with Crippen LogP contribution in [0.1, 0.15) is 13.8 Å². The molecule has 0 saturated heterocycles. The number of rotatable bonds is 6. The molecule has 0 bridgehead atoms. The van der Waals surface area contributed by atoms with E-state index in [2.05, 4.69) is 0 Å². The third-order valence-electron chi connectivity index (χ3n) is 5.85. The van der Waals surface area contributed by atoms with Crippen LogP contribution in [-0.4, -0.2) is 75.7 Å². The van der Waals surface area contributed by atoms with E-state index in [0.717, 1.165) is 10.6 Å². The standard InChI is InChI=1S/C22H29FN2O6S2/c1-15-12-25(16(2)14-26)33(29,30)22-10-7-18(17-5-8-19(23)9-6-17)11-20(22)31-21(15)13-24(3)32(4,27)28/h5-11,15-16,21,26H,12-14H2,1-4H3/t15-,16-,21+/m1/s1. The quantitative estimate of drug-likeness (QED) is 0.652. The van der Waals surface area contributed by atoms with Crippen LogP contribution in [0.4, 0.5) is 4.39 Å². The molecule has 33 heavy (non-hydrogen) atoms. The van der Waals surface area contributed by atoms with Crippen LogP contribution in [0, 0.1) is 11.7 Å². The first-order valence-electron chi connectivity index (χ1n) is 10.4. The molecule has 0 spiro atoms. The molecule has 182 valence electrons. The van der Waals surface area contributed by atoms with E-state index in [4.69, 9.17) is 4.74 Å². The number of halogens is 1. The molecule has 0 radical (unpaired) electrons. The van der Waals surface area contributed by atoms with E-state index in [1.165, 1.54) is 29.6 Å². The summed E-state index contributed by atoms with van der Waals surface area (Å²) < 4.78 is 72.9. The van der Waals surface area contributed by atoms with Crippen molar-refractivity contribution in [3.05, 3.63) is 48.3 Å². The average molecular weight is 501 g/mol. The van der Waals surface area contributed by atoms with Crippen LogP contribution in [0.25, 0.3) is 11.1 Å². The summed E-state index contributed by atoms with van der Waals surface area (Å²) in [4.78, 5) is -0.0763. The first-order valence-corrected chi connectivity index (χ1v) is 13.7. The van der Waals surface area contributed by atoms with Crippen molar-refractivity contribution in [2.24, 2.45) is 5.92 Å². The highest BCUT2D eigenvalue weighted by Gasteiger charge is 2.38. The first kappa shape index (κ1) is 25.6. The van der Waals surface area contributed by atoms with E-state index in [1.54, 1.807) is 38.1 Å². The lowest BCUT2D eigenvalue weighted by molar-refractivity contribution is 0.0906. The van der Waals surface area contributed by atoms with Crippen molar-refractivity contribution in [1.29, 1.82) is 0 Å². The number of nitrogens with zero attached hydrogens (tertiary/aromatic N) is 2. The second kappa shape index (κ2) is 9.67. The molecule has 0 aliphatic carbocycles. The van der Waals surface area contributed by atoms with E-state index in [-0.39, 0.29) is 36.3 Å². The largest absolute Gasteiger partial charge is 0.487 e. The second-order valence-corrected chi connectivity index (χ2v) is 12.4. The third kappa shape index (κ3) is 5.55. The fourth-order valence-electron chi connectivity index (χ4n) is 3.65. The normalized spacial score (nSPS) is 22.2. The van der Waals surface area contributed by atoms with Crippen LogP contribution >= 0.6 is 0 Å². The van der Waals surface area contributed by atoms with Gasteiger partial charge in [0.1, 0.15) is 22.6 Å². The lowest BCUT2D eigenvalue weighted by atomic mass is 10.0. The number of likely N-dealkylation sites (N-methyl/N-ethyl adjacent to an activating group) is 1. The molecular weight excluding hydrogens is 471 g/mol. The van der Waals surface area contributed by atoms with Crippen molar-refractivity contribution in [3.8, 4) is 16.9 Å². The molecule has 8 nitrogen and oxygen atoms in total. The van der Waals surface area contributed by atoms with Gasteiger partial charge in [-0.25, -0.2) is 25.5 Å². The van der Waals surface area contributed by atoms with Crippen LogP contribution in [0.5, 0.6) is 5.75 Å². The summed E-state index contributed by atoms with van der Waals surface area (Å²) >= 11 is 0. The van der Waals surface area contributed by atoms with Crippen molar-refractivity contribution in [1.82, 2.24) is 8.61 Å². The van der Waals surface area contributed by atoms with Crippen molar-refractivity contribution >= 4 is 20.0 Å². The SMILES string of the molecule is C[C@@H]1CN([C@H](C)CO)S(=O)(=O)c2ccc(-c3ccc(F)cc3)cc2O[C@H]1CN(C)S(C)(=O)=O. The van der Waals surface area contributed by atoms with E-state index in [1.807, 2.05) is 0 Å². The van der Waals surface area contributed by atoms with Gasteiger partial charge in [-0.3, -0.25) is 0 Å². The van der Waals surface area contributed by atoms with E-state index in [9.17, 15) is 26.3 Å². The minimum absolute atomic E-state index is 0.0155. The highest BCUT2D eigenvalue weighted by Crippen LogP contribution is 2.36. The zero-order chi connectivity index (χ0) is 24.6. The van der Waals surface area contributed by atoms with Crippen molar-refractivity contribution in [2.75, 3.05) is 33.0 Å². The molecule has 2 aromatic rings. The minimum atomic E-state index is -4.02. The van der Waals surface area contributed by atoms with Crippen molar-refractivity contribution < 1.29 is 31.1 Å². The third-order valence-corrected chi connectivity index (χ3v) is 9.15. The number of sulfonamides is 2. The van der Waals surface area contributed by atoms with E-state index in [0.29, 0.717) is 11.1 Å². The van der Waals surface area contributed by atoms with Gasteiger partial charge < -0.3 is 9.84 Å². The molecule has 0 aromatic heterocycles. The van der Waals surface area contributed by atoms with E-state index < -0.39 is 38.0 Å². The Hall–Kier alpha value is -2.05. The molecule has 1 heterocycles. The second-order valence-electron chi connectivity index (χ2n) is 8.45. The Morgan fingerprint density at radius 3 is 2.39 bits per heavy atom. The van der Waals surface area contributed by atoms with Gasteiger partial charge in [0.15, 0.2) is 0 Å². The van der Waals surface area contributed by atoms with Gasteiger partial charge in [0.05, 0.1) is 19.4 Å². The van der Waals surface area contributed by atoms with Gasteiger partial charge in [0.25, 0.3) is 0 Å². The summed E-state index contributed by atoms with van der Waals surface area (Å²) in [6, 6.07) is 9.67. The summed E-state index contributed by atoms with van der Waals surface area (Å²) in [6.45, 7) is 3.08. The predicted octanol–water partition coefficient (Wildman–Crippen LogP) is 2.15. The van der Waals surface area contributed by atoms with Gasteiger partial charge in [-0.2, -0.15) is 4.31 Å². The lowest BCUT2D eigenvalue weighted by Crippen LogP contribution is -2.50. The Morgan fingerprint density at radius 2 is 1.82 bits per heavy atom. The van der Waals surface area contributed by atoms with Gasteiger partial charge in [0, 0.05) is 25.6 Å². The molecule has 11 heteroatoms. The van der Waals surface area contributed by atoms with Gasteiger partial charge in [-0.15, -0.1) is 0 Å². The highest BCUT2D eigenvalue weighted by molar-refractivity contribution is 7.89. The highest BCUT2D eigenvalue weighted by atomic mass is 32.2. The molecule has 0 unspecified atom stereocenters. The number of hydrogen-bond donors (Lipinski definition) is 1. The summed E-state index contributed by atoms with van der Waals surface area (Å²) in [7, 11) is -6.07. The summed E-state index contributed by atoms with van der Waals surface area (Å²) in [5.74, 6) is -0.707. The Labute approximate surface area is 194 Å². The van der Waals surface area contributed by atoms with Crippen LogP contribution < -0.4 is 4.74 Å². The lowest BCUT2D eigenvalue weighted by Gasteiger charge is -2.37. The number of benzene rings is 2. The zero-order valence-electron chi connectivity index (χ0n) is 19.0. The minimum Gasteiger partial charge on any atom is -0.487 e. The summed E-state index contributed by atoms with van der Waals surface area (Å²) in [5, 5.41) is 9.69. The van der Waals surface area contributed by atoms with Gasteiger partial charge in [-0.05, 0) is 42.3 Å². The monoisotopic (exact) mass is 500 g/mol. The van der Waals surface area contributed by atoms with Crippen LogP contribution in [0.15, 0.2) is 47.4 Å². The molecule has 1 aliphatic rings. The molecule has 2 aromatic carbocycles. The number of hydrogen-bond acceptors (Lipinski definition) is 6. The van der Waals surface area contributed by atoms with Crippen molar-refractivity contribution in [2.45, 2.75) is 30.9 Å². The molecule has 1 N–H and O–H groups in total. The zero-order valence-corrected chi connectivity index (χ0v) is 20.6. The van der Waals surface area contributed by atoms with Crippen LogP contribution in [-0.2, 0) is 20.0 Å². The maximum atomic E-state index is 13.5. The molecule has 1 aliphatic heterocycles. The van der Waals surface area contributed by atoms with Gasteiger partial charge in [0.2, 0.25) is 20.0 Å². The predicted molar refractivity (Wildman–Crippen MR) is 123 cm³/mol. The molecule has 0 saturated carbocycles. The van der Waals surface area contributed by atoms with Gasteiger partial charge >= 0.3 is 0 Å². The fourth-order valence-corrected chi connectivity index (χ4v) is 5.90. The number of ether oxygens (including phenoxy) is 1. The number of fused-ring (bicyclic) bond motifs is 1. The van der Waals surface area contributed by atoms with Crippen molar-refractivity contribution in [3.63, 3.8) is 0 Å². The molecule has 3 rings (SSSR count). The number of aliphatic hydroxyl groups is 1. The fraction of sp³-hybridized carbons (Fsp3) is 0.455. The molecule has 0 fully saturated rings. The Bertz CT molecular complexity index is 1200. The van der Waals surface area contributed by atoms with Gasteiger partial charge in [-0.1, -0.05) is 25.1 Å². The van der Waals surface area contributed by atoms with Crippen LogP contribution in [0.3, 0.4) is 0 Å². The maximum Gasteiger partial charge on any atom is 0.247 e. The maximum absolute atomic E-state index is 13.5. The van der Waals surface area contributed by atoms with Crippen LogP contribution in [0.2, 0.25) is 0 Å². The molecular formula is C22H29FN2O6S2. The summed E-state index contributed by atoms with van der Waals surface area (Å²) in [6.07, 6.45) is 0.432. The Kier molecular flexibility index (Phi) is 7.49. The average Bonchev–Trinajstić information content (AvgIpc) is 2.75. The number of aliphatic hydroxyl groups excluding tert-OH is 1. The topological polar surface area (TPSA) is 104 Å². The first-order chi connectivity index (χ1) is 15.3. The summed E-state index contributed by atoms with van der Waals surface area (Å²) in [5.41, 5.74) is 1.29. The van der Waals surface area contributed by atoms with E-state index >= 15 is 0 Å². The molecule has 0 amide bonds. The molecule has 3 atom stereocenters.